The number of ether oxygens (including phenoxy) is 1. The predicted molar refractivity (Wildman–Crippen MR) is 80.9 cm³/mol. The summed E-state index contributed by atoms with van der Waals surface area (Å²) in [4.78, 5) is 16.1. The molecule has 8 heteroatoms. The summed E-state index contributed by atoms with van der Waals surface area (Å²) in [7, 11) is 1.56. The maximum absolute atomic E-state index is 5.74. The van der Waals surface area contributed by atoms with Crippen LogP contribution in [0, 0.1) is 0 Å². The summed E-state index contributed by atoms with van der Waals surface area (Å²) in [6, 6.07) is 5.53. The van der Waals surface area contributed by atoms with Gasteiger partial charge in [0.1, 0.15) is 0 Å². The topological polar surface area (TPSA) is 89.7 Å². The number of nitrogens with zero attached hydrogens (tertiary/aromatic N) is 3. The van der Waals surface area contributed by atoms with Gasteiger partial charge in [-0.05, 0) is 45.9 Å². The van der Waals surface area contributed by atoms with Crippen LogP contribution in [0.2, 0.25) is 0 Å². The first-order valence-electron chi connectivity index (χ1n) is 5.65. The zero-order chi connectivity index (χ0) is 14.1. The number of rotatable bonds is 3. The third-order valence-electron chi connectivity index (χ3n) is 2.56. The SMILES string of the molecule is COc1nc(Sc2nc3ccc(N)cc3[nH]2)ncc1Br. The second kappa shape index (κ2) is 5.29. The van der Waals surface area contributed by atoms with Gasteiger partial charge in [0.25, 0.3) is 0 Å². The van der Waals surface area contributed by atoms with E-state index in [0.29, 0.717) is 26.4 Å². The highest BCUT2D eigenvalue weighted by Crippen LogP contribution is 2.28. The molecule has 0 radical (unpaired) electrons. The van der Waals surface area contributed by atoms with E-state index in [-0.39, 0.29) is 0 Å². The number of aromatic nitrogens is 4. The van der Waals surface area contributed by atoms with Gasteiger partial charge >= 0.3 is 0 Å². The Morgan fingerprint density at radius 3 is 3.00 bits per heavy atom. The molecule has 0 bridgehead atoms. The molecule has 3 N–H and O–H groups in total. The minimum atomic E-state index is 0.489. The first-order chi connectivity index (χ1) is 9.65. The summed E-state index contributed by atoms with van der Waals surface area (Å²) in [6.45, 7) is 0. The number of hydrogen-bond donors (Lipinski definition) is 2. The lowest BCUT2D eigenvalue weighted by molar-refractivity contribution is 0.389. The van der Waals surface area contributed by atoms with E-state index in [1.54, 1.807) is 13.3 Å². The molecule has 0 aliphatic rings. The van der Waals surface area contributed by atoms with Crippen LogP contribution in [-0.4, -0.2) is 27.0 Å². The van der Waals surface area contributed by atoms with Crippen molar-refractivity contribution >= 4 is 44.4 Å². The molecule has 0 unspecified atom stereocenters. The number of nitrogens with one attached hydrogen (secondary N) is 1. The zero-order valence-electron chi connectivity index (χ0n) is 10.4. The lowest BCUT2D eigenvalue weighted by Gasteiger charge is -2.02. The first-order valence-corrected chi connectivity index (χ1v) is 7.26. The van der Waals surface area contributed by atoms with Crippen molar-refractivity contribution in [1.82, 2.24) is 19.9 Å². The number of H-pyrrole nitrogens is 1. The number of aromatic amines is 1. The Bertz CT molecular complexity index is 776. The van der Waals surface area contributed by atoms with Crippen LogP contribution in [0.25, 0.3) is 11.0 Å². The fourth-order valence-electron chi connectivity index (χ4n) is 1.67. The Hall–Kier alpha value is -1.80. The highest BCUT2D eigenvalue weighted by molar-refractivity contribution is 9.10. The normalized spacial score (nSPS) is 10.9. The zero-order valence-corrected chi connectivity index (χ0v) is 12.8. The van der Waals surface area contributed by atoms with Crippen LogP contribution in [0.3, 0.4) is 0 Å². The molecule has 20 heavy (non-hydrogen) atoms. The standard InChI is InChI=1S/C12H10BrN5OS/c1-19-10-7(13)5-15-11(18-10)20-12-16-8-3-2-6(14)4-9(8)17-12/h2-5H,14H2,1H3,(H,16,17). The van der Waals surface area contributed by atoms with Crippen molar-refractivity contribution in [3.05, 3.63) is 28.9 Å². The molecule has 0 fully saturated rings. The van der Waals surface area contributed by atoms with Gasteiger partial charge in [-0.3, -0.25) is 0 Å². The fraction of sp³-hybridized carbons (Fsp3) is 0.0833. The predicted octanol–water partition coefficient (Wildman–Crippen LogP) is 2.86. The number of halogens is 1. The van der Waals surface area contributed by atoms with E-state index < -0.39 is 0 Å². The smallest absolute Gasteiger partial charge is 0.231 e. The second-order valence-corrected chi connectivity index (χ2v) is 5.74. The van der Waals surface area contributed by atoms with Crippen molar-refractivity contribution in [2.75, 3.05) is 12.8 Å². The van der Waals surface area contributed by atoms with Crippen LogP contribution in [0.5, 0.6) is 5.88 Å². The maximum atomic E-state index is 5.74. The molecule has 3 aromatic rings. The Morgan fingerprint density at radius 1 is 1.35 bits per heavy atom. The quantitative estimate of drug-likeness (QED) is 0.557. The first kappa shape index (κ1) is 13.2. The lowest BCUT2D eigenvalue weighted by Crippen LogP contribution is -1.93. The largest absolute Gasteiger partial charge is 0.480 e. The highest BCUT2D eigenvalue weighted by Gasteiger charge is 2.10. The van der Waals surface area contributed by atoms with E-state index in [1.165, 1.54) is 11.8 Å². The van der Waals surface area contributed by atoms with Gasteiger partial charge in [-0.15, -0.1) is 0 Å². The van der Waals surface area contributed by atoms with Gasteiger partial charge in [0.05, 0.1) is 22.6 Å². The molecule has 0 spiro atoms. The summed E-state index contributed by atoms with van der Waals surface area (Å²) in [5, 5.41) is 1.26. The van der Waals surface area contributed by atoms with Crippen LogP contribution in [0.1, 0.15) is 0 Å². The third kappa shape index (κ3) is 2.56. The molecule has 6 nitrogen and oxygen atoms in total. The average Bonchev–Trinajstić information content (AvgIpc) is 2.82. The number of nitrogens with two attached hydrogens (primary N) is 1. The molecule has 102 valence electrons. The monoisotopic (exact) mass is 351 g/mol. The number of benzene rings is 1. The molecule has 2 heterocycles. The van der Waals surface area contributed by atoms with E-state index in [0.717, 1.165) is 11.0 Å². The molecule has 0 aliphatic carbocycles. The molecule has 0 amide bonds. The summed E-state index contributed by atoms with van der Waals surface area (Å²) in [6.07, 6.45) is 1.65. The summed E-state index contributed by atoms with van der Waals surface area (Å²) >= 11 is 4.64. The van der Waals surface area contributed by atoms with E-state index >= 15 is 0 Å². The minimum Gasteiger partial charge on any atom is -0.480 e. The number of nitrogen functional groups attached to an aromatic ring is 1. The van der Waals surface area contributed by atoms with Crippen LogP contribution < -0.4 is 10.5 Å². The van der Waals surface area contributed by atoms with E-state index in [2.05, 4.69) is 35.9 Å². The maximum Gasteiger partial charge on any atom is 0.231 e. The number of hydrogen-bond acceptors (Lipinski definition) is 6. The summed E-state index contributed by atoms with van der Waals surface area (Å²) in [5.74, 6) is 0.489. The molecule has 0 saturated heterocycles. The van der Waals surface area contributed by atoms with E-state index in [4.69, 9.17) is 10.5 Å². The molecule has 0 atom stereocenters. The summed E-state index contributed by atoms with van der Waals surface area (Å²) in [5.41, 5.74) is 8.17. The van der Waals surface area contributed by atoms with Gasteiger partial charge in [-0.1, -0.05) is 0 Å². The van der Waals surface area contributed by atoms with Crippen molar-refractivity contribution in [2.24, 2.45) is 0 Å². The summed E-state index contributed by atoms with van der Waals surface area (Å²) < 4.78 is 5.85. The molecule has 1 aromatic carbocycles. The second-order valence-electron chi connectivity index (χ2n) is 3.93. The Labute approximate surface area is 127 Å². The van der Waals surface area contributed by atoms with Gasteiger partial charge in [-0.2, -0.15) is 4.98 Å². The molecule has 3 rings (SSSR count). The van der Waals surface area contributed by atoms with Gasteiger partial charge in [0.15, 0.2) is 10.3 Å². The lowest BCUT2D eigenvalue weighted by atomic mass is 10.3. The van der Waals surface area contributed by atoms with E-state index in [9.17, 15) is 0 Å². The van der Waals surface area contributed by atoms with Gasteiger partial charge in [0, 0.05) is 11.9 Å². The number of imidazole rings is 1. The van der Waals surface area contributed by atoms with Gasteiger partial charge in [0.2, 0.25) is 5.88 Å². The number of anilines is 1. The Balaban J connectivity index is 1.92. The number of methoxy groups -OCH3 is 1. The highest BCUT2D eigenvalue weighted by atomic mass is 79.9. The molecule has 0 aliphatic heterocycles. The number of fused-ring (bicyclic) bond motifs is 1. The van der Waals surface area contributed by atoms with Crippen molar-refractivity contribution in [1.29, 1.82) is 0 Å². The van der Waals surface area contributed by atoms with Crippen molar-refractivity contribution < 1.29 is 4.74 Å². The molecular formula is C12H10BrN5OS. The molecule has 2 aromatic heterocycles. The third-order valence-corrected chi connectivity index (χ3v) is 3.87. The van der Waals surface area contributed by atoms with Gasteiger partial charge in [-0.25, -0.2) is 9.97 Å². The van der Waals surface area contributed by atoms with Crippen molar-refractivity contribution in [3.8, 4) is 5.88 Å². The van der Waals surface area contributed by atoms with Gasteiger partial charge < -0.3 is 15.5 Å². The minimum absolute atomic E-state index is 0.489. The molecular weight excluding hydrogens is 342 g/mol. The average molecular weight is 352 g/mol. The molecule has 0 saturated carbocycles. The van der Waals surface area contributed by atoms with E-state index in [1.807, 2.05) is 18.2 Å². The van der Waals surface area contributed by atoms with Crippen LogP contribution >= 0.6 is 27.7 Å². The van der Waals surface area contributed by atoms with Crippen molar-refractivity contribution in [2.45, 2.75) is 10.3 Å². The van der Waals surface area contributed by atoms with Crippen LogP contribution in [-0.2, 0) is 0 Å². The van der Waals surface area contributed by atoms with Crippen LogP contribution in [0.4, 0.5) is 5.69 Å². The Kier molecular flexibility index (Phi) is 3.49. The fourth-order valence-corrected chi connectivity index (χ4v) is 2.73. The van der Waals surface area contributed by atoms with Crippen LogP contribution in [0.15, 0.2) is 39.2 Å². The van der Waals surface area contributed by atoms with Crippen molar-refractivity contribution in [3.63, 3.8) is 0 Å². The Morgan fingerprint density at radius 2 is 2.20 bits per heavy atom.